The summed E-state index contributed by atoms with van der Waals surface area (Å²) < 4.78 is 5.17. The lowest BCUT2D eigenvalue weighted by molar-refractivity contribution is -0.177. The molecule has 3 aliphatic heterocycles. The van der Waals surface area contributed by atoms with Crippen molar-refractivity contribution in [3.05, 3.63) is 0 Å². The average Bonchev–Trinajstić information content (AvgIpc) is 2.24. The second kappa shape index (κ2) is 3.79. The molecule has 4 heteroatoms. The normalized spacial score (nSPS) is 47.4. The first-order chi connectivity index (χ1) is 7.50. The zero-order valence-corrected chi connectivity index (χ0v) is 10.3. The lowest BCUT2D eigenvalue weighted by atomic mass is 9.62. The van der Waals surface area contributed by atoms with Crippen molar-refractivity contribution in [2.24, 2.45) is 5.41 Å². The number of Topliss-reactive ketones (excluding diaryl/α,β-unsaturated/α-hetero) is 1. The highest BCUT2D eigenvalue weighted by molar-refractivity contribution is 5.95. The van der Waals surface area contributed by atoms with Crippen molar-refractivity contribution in [1.82, 2.24) is 4.90 Å². The van der Waals surface area contributed by atoms with Gasteiger partial charge in [-0.25, -0.2) is 0 Å². The van der Waals surface area contributed by atoms with Gasteiger partial charge in [0.15, 0.2) is 5.78 Å². The van der Waals surface area contributed by atoms with Crippen LogP contribution >= 0.6 is 0 Å². The summed E-state index contributed by atoms with van der Waals surface area (Å²) in [6, 6.07) is 0.346. The largest absolute Gasteiger partial charge is 0.394 e. The molecular weight excluding hydrogens is 206 g/mol. The summed E-state index contributed by atoms with van der Waals surface area (Å²) in [7, 11) is 1.58. The van der Waals surface area contributed by atoms with Gasteiger partial charge in [-0.15, -0.1) is 0 Å². The molecule has 1 unspecified atom stereocenters. The first kappa shape index (κ1) is 12.0. The molecule has 2 bridgehead atoms. The summed E-state index contributed by atoms with van der Waals surface area (Å²) in [4.78, 5) is 14.6. The molecule has 3 fully saturated rings. The highest BCUT2D eigenvalue weighted by Gasteiger charge is 2.60. The van der Waals surface area contributed by atoms with Crippen molar-refractivity contribution in [3.63, 3.8) is 0 Å². The zero-order valence-electron chi connectivity index (χ0n) is 10.3. The van der Waals surface area contributed by atoms with Gasteiger partial charge in [0.1, 0.15) is 5.54 Å². The van der Waals surface area contributed by atoms with Gasteiger partial charge in [-0.3, -0.25) is 9.69 Å². The van der Waals surface area contributed by atoms with Gasteiger partial charge < -0.3 is 9.84 Å². The van der Waals surface area contributed by atoms with E-state index in [0.717, 1.165) is 19.4 Å². The lowest BCUT2D eigenvalue weighted by Gasteiger charge is -2.59. The summed E-state index contributed by atoms with van der Waals surface area (Å²) in [5.74, 6) is 0.161. The molecule has 16 heavy (non-hydrogen) atoms. The third-order valence-corrected chi connectivity index (χ3v) is 4.35. The number of carbonyl (C=O) groups is 1. The van der Waals surface area contributed by atoms with Crippen LogP contribution in [0.5, 0.6) is 0 Å². The third kappa shape index (κ3) is 1.36. The predicted octanol–water partition coefficient (Wildman–Crippen LogP) is 0.437. The van der Waals surface area contributed by atoms with E-state index in [1.807, 2.05) is 6.92 Å². The molecule has 0 aliphatic carbocycles. The molecule has 0 aromatic rings. The Morgan fingerprint density at radius 3 is 2.81 bits per heavy atom. The van der Waals surface area contributed by atoms with Crippen molar-refractivity contribution in [2.45, 2.75) is 38.3 Å². The van der Waals surface area contributed by atoms with Crippen LogP contribution in [0, 0.1) is 5.41 Å². The number of hydrogen-bond acceptors (Lipinski definition) is 4. The number of methoxy groups -OCH3 is 1. The number of hydrogen-bond donors (Lipinski definition) is 1. The number of aliphatic hydroxyl groups is 1. The van der Waals surface area contributed by atoms with Crippen LogP contribution in [-0.2, 0) is 9.53 Å². The summed E-state index contributed by atoms with van der Waals surface area (Å²) in [6.07, 6.45) is 1.80. The molecule has 3 saturated heterocycles. The minimum absolute atomic E-state index is 0.139. The Morgan fingerprint density at radius 2 is 2.31 bits per heavy atom. The molecule has 3 heterocycles. The van der Waals surface area contributed by atoms with Gasteiger partial charge in [0, 0.05) is 25.1 Å². The Hall–Kier alpha value is -0.450. The SMILES string of the molecule is COC[C@@]1(CO)C(=O)[C@]2(C)CCN1[C@@H](C)C2. The van der Waals surface area contributed by atoms with Crippen LogP contribution < -0.4 is 0 Å². The monoisotopic (exact) mass is 227 g/mol. The maximum Gasteiger partial charge on any atom is 0.163 e. The van der Waals surface area contributed by atoms with Gasteiger partial charge in [-0.1, -0.05) is 6.92 Å². The van der Waals surface area contributed by atoms with E-state index in [2.05, 4.69) is 11.8 Å². The average molecular weight is 227 g/mol. The van der Waals surface area contributed by atoms with Crippen LogP contribution in [0.15, 0.2) is 0 Å². The quantitative estimate of drug-likeness (QED) is 0.760. The summed E-state index contributed by atoms with van der Waals surface area (Å²) in [5.41, 5.74) is -1.06. The first-order valence-electron chi connectivity index (χ1n) is 5.92. The van der Waals surface area contributed by atoms with Crippen molar-refractivity contribution in [3.8, 4) is 0 Å². The summed E-state index contributed by atoms with van der Waals surface area (Å²) >= 11 is 0. The van der Waals surface area contributed by atoms with Crippen LogP contribution in [0.4, 0.5) is 0 Å². The predicted molar refractivity (Wildman–Crippen MR) is 60.2 cm³/mol. The van der Waals surface area contributed by atoms with Crippen molar-refractivity contribution in [2.75, 3.05) is 26.9 Å². The van der Waals surface area contributed by atoms with Crippen LogP contribution in [-0.4, -0.2) is 54.2 Å². The Morgan fingerprint density at radius 1 is 1.62 bits per heavy atom. The zero-order chi connectivity index (χ0) is 12.0. The molecule has 92 valence electrons. The first-order valence-corrected chi connectivity index (χ1v) is 5.92. The van der Waals surface area contributed by atoms with Gasteiger partial charge in [0.25, 0.3) is 0 Å². The van der Waals surface area contributed by atoms with Gasteiger partial charge >= 0.3 is 0 Å². The molecule has 3 rings (SSSR count). The molecule has 3 aliphatic rings. The Balaban J connectivity index is 2.40. The van der Waals surface area contributed by atoms with E-state index in [9.17, 15) is 9.90 Å². The number of piperidine rings is 3. The fourth-order valence-corrected chi connectivity index (χ4v) is 3.58. The topological polar surface area (TPSA) is 49.8 Å². The minimum Gasteiger partial charge on any atom is -0.394 e. The molecule has 4 nitrogen and oxygen atoms in total. The maximum absolute atomic E-state index is 12.5. The number of fused-ring (bicyclic) bond motifs is 3. The van der Waals surface area contributed by atoms with Crippen molar-refractivity contribution < 1.29 is 14.6 Å². The highest BCUT2D eigenvalue weighted by Crippen LogP contribution is 2.47. The number of ether oxygens (including phenoxy) is 1. The number of rotatable bonds is 3. The van der Waals surface area contributed by atoms with E-state index in [4.69, 9.17) is 4.74 Å². The van der Waals surface area contributed by atoms with Crippen LogP contribution in [0.3, 0.4) is 0 Å². The second-order valence-corrected chi connectivity index (χ2v) is 5.51. The van der Waals surface area contributed by atoms with E-state index in [-0.39, 0.29) is 17.8 Å². The summed E-state index contributed by atoms with van der Waals surface area (Å²) in [6.45, 7) is 5.20. The number of nitrogens with zero attached hydrogens (tertiary/aromatic N) is 1. The second-order valence-electron chi connectivity index (χ2n) is 5.51. The fraction of sp³-hybridized carbons (Fsp3) is 0.917. The van der Waals surface area contributed by atoms with Crippen LogP contribution in [0.2, 0.25) is 0 Å². The summed E-state index contributed by atoms with van der Waals surface area (Å²) in [5, 5.41) is 9.65. The standard InChI is InChI=1S/C12H21NO3/c1-9-6-11(2)4-5-13(9)12(7-14,8-16-3)10(11)15/h9,14H,4-8H2,1-3H3/t9-,11+,12-/m0/s1. The van der Waals surface area contributed by atoms with E-state index >= 15 is 0 Å². The number of ketones is 1. The Bertz CT molecular complexity index is 307. The minimum atomic E-state index is -0.792. The van der Waals surface area contributed by atoms with Gasteiger partial charge in [-0.05, 0) is 19.8 Å². The molecule has 0 aromatic heterocycles. The van der Waals surface area contributed by atoms with E-state index in [1.165, 1.54) is 0 Å². The molecule has 0 amide bonds. The highest BCUT2D eigenvalue weighted by atomic mass is 16.5. The number of carbonyl (C=O) groups excluding carboxylic acids is 1. The molecule has 0 saturated carbocycles. The molecule has 1 N–H and O–H groups in total. The number of aliphatic hydroxyl groups excluding tert-OH is 1. The van der Waals surface area contributed by atoms with E-state index in [0.29, 0.717) is 12.6 Å². The molecule has 0 aromatic carbocycles. The van der Waals surface area contributed by atoms with E-state index < -0.39 is 5.54 Å². The van der Waals surface area contributed by atoms with Crippen LogP contribution in [0.1, 0.15) is 26.7 Å². The molecule has 0 radical (unpaired) electrons. The third-order valence-electron chi connectivity index (χ3n) is 4.35. The lowest BCUT2D eigenvalue weighted by Crippen LogP contribution is -2.74. The molecule has 4 atom stereocenters. The van der Waals surface area contributed by atoms with Gasteiger partial charge in [0.05, 0.1) is 13.2 Å². The Kier molecular flexibility index (Phi) is 2.85. The van der Waals surface area contributed by atoms with Crippen molar-refractivity contribution >= 4 is 5.78 Å². The van der Waals surface area contributed by atoms with Gasteiger partial charge in [-0.2, -0.15) is 0 Å². The van der Waals surface area contributed by atoms with E-state index in [1.54, 1.807) is 7.11 Å². The Labute approximate surface area is 96.6 Å². The molecule has 0 spiro atoms. The van der Waals surface area contributed by atoms with Crippen LogP contribution in [0.25, 0.3) is 0 Å². The molecular formula is C12H21NO3. The van der Waals surface area contributed by atoms with Gasteiger partial charge in [0.2, 0.25) is 0 Å². The maximum atomic E-state index is 12.5. The smallest absolute Gasteiger partial charge is 0.163 e. The van der Waals surface area contributed by atoms with Crippen molar-refractivity contribution in [1.29, 1.82) is 0 Å². The fourth-order valence-electron chi connectivity index (χ4n) is 3.58.